The largest absolute Gasteiger partial charge is 0.444 e. The van der Waals surface area contributed by atoms with E-state index in [0.29, 0.717) is 5.92 Å². The molecule has 0 unspecified atom stereocenters. The number of carbonyl (C=O) groups is 1. The molecule has 2 aliphatic rings. The average molecular weight is 326 g/mol. The lowest BCUT2D eigenvalue weighted by Gasteiger charge is -2.39. The van der Waals surface area contributed by atoms with Gasteiger partial charge in [0.2, 0.25) is 0 Å². The second kappa shape index (κ2) is 8.31. The first-order valence-corrected chi connectivity index (χ1v) is 9.00. The number of ether oxygens (including phenoxy) is 1. The van der Waals surface area contributed by atoms with Crippen molar-refractivity contribution in [3.63, 3.8) is 0 Å². The summed E-state index contributed by atoms with van der Waals surface area (Å²) in [5.74, 6) is 0.703. The number of nitrogens with zero attached hydrogens (tertiary/aromatic N) is 3. The number of rotatable bonds is 4. The molecule has 0 aromatic carbocycles. The van der Waals surface area contributed by atoms with Crippen molar-refractivity contribution in [2.45, 2.75) is 39.2 Å². The zero-order valence-electron chi connectivity index (χ0n) is 15.1. The van der Waals surface area contributed by atoms with Crippen LogP contribution in [0.15, 0.2) is 0 Å². The highest BCUT2D eigenvalue weighted by Gasteiger charge is 2.28. The quantitative estimate of drug-likeness (QED) is 0.841. The molecule has 2 saturated heterocycles. The van der Waals surface area contributed by atoms with Crippen molar-refractivity contribution < 1.29 is 9.53 Å². The standard InChI is InChI=1S/C17H34N4O2/c1-17(2,3)23-16(22)21-7-4-15(5-8-21)14-20-12-10-19(9-6-18)11-13-20/h15H,4-14,18H2,1-3H3. The fourth-order valence-corrected chi connectivity index (χ4v) is 3.37. The van der Waals surface area contributed by atoms with E-state index >= 15 is 0 Å². The normalized spacial score (nSPS) is 22.3. The van der Waals surface area contributed by atoms with E-state index < -0.39 is 5.60 Å². The average Bonchev–Trinajstić information content (AvgIpc) is 2.48. The van der Waals surface area contributed by atoms with Gasteiger partial charge in [-0.05, 0) is 39.5 Å². The van der Waals surface area contributed by atoms with Crippen LogP contribution in [0.1, 0.15) is 33.6 Å². The summed E-state index contributed by atoms with van der Waals surface area (Å²) >= 11 is 0. The highest BCUT2D eigenvalue weighted by atomic mass is 16.6. The molecule has 0 aromatic rings. The Labute approximate surface area is 140 Å². The van der Waals surface area contributed by atoms with Crippen molar-refractivity contribution in [3.8, 4) is 0 Å². The predicted molar refractivity (Wildman–Crippen MR) is 92.5 cm³/mol. The lowest BCUT2D eigenvalue weighted by Crippen LogP contribution is -2.50. The van der Waals surface area contributed by atoms with Gasteiger partial charge in [0.05, 0.1) is 0 Å². The van der Waals surface area contributed by atoms with Crippen molar-refractivity contribution in [1.82, 2.24) is 14.7 Å². The zero-order valence-corrected chi connectivity index (χ0v) is 15.1. The maximum atomic E-state index is 12.1. The number of amides is 1. The number of piperidine rings is 1. The summed E-state index contributed by atoms with van der Waals surface area (Å²) in [6.07, 6.45) is 2.01. The minimum atomic E-state index is -0.406. The number of hydrogen-bond donors (Lipinski definition) is 1. The lowest BCUT2D eigenvalue weighted by molar-refractivity contribution is 0.0160. The van der Waals surface area contributed by atoms with Gasteiger partial charge in [0.25, 0.3) is 0 Å². The minimum absolute atomic E-state index is 0.161. The van der Waals surface area contributed by atoms with Crippen LogP contribution < -0.4 is 5.73 Å². The molecule has 1 amide bonds. The molecule has 0 spiro atoms. The van der Waals surface area contributed by atoms with Crippen LogP contribution in [0.25, 0.3) is 0 Å². The smallest absolute Gasteiger partial charge is 0.410 e. The van der Waals surface area contributed by atoms with Crippen LogP contribution in [0.3, 0.4) is 0 Å². The van der Waals surface area contributed by atoms with Crippen LogP contribution in [0, 0.1) is 5.92 Å². The minimum Gasteiger partial charge on any atom is -0.444 e. The van der Waals surface area contributed by atoms with Crippen molar-refractivity contribution in [1.29, 1.82) is 0 Å². The first kappa shape index (κ1) is 18.5. The fraction of sp³-hybridized carbons (Fsp3) is 0.941. The third kappa shape index (κ3) is 6.28. The van der Waals surface area contributed by atoms with E-state index in [1.165, 1.54) is 6.54 Å². The Hall–Kier alpha value is -0.850. The molecule has 23 heavy (non-hydrogen) atoms. The Bertz CT molecular complexity index is 367. The number of nitrogens with two attached hydrogens (primary N) is 1. The number of carbonyl (C=O) groups excluding carboxylic acids is 1. The summed E-state index contributed by atoms with van der Waals surface area (Å²) in [6.45, 7) is 14.9. The van der Waals surface area contributed by atoms with Crippen molar-refractivity contribution in [3.05, 3.63) is 0 Å². The van der Waals surface area contributed by atoms with Crippen LogP contribution in [-0.2, 0) is 4.74 Å². The summed E-state index contributed by atoms with van der Waals surface area (Å²) in [7, 11) is 0. The van der Waals surface area contributed by atoms with Gasteiger partial charge in [-0.3, -0.25) is 4.90 Å². The van der Waals surface area contributed by atoms with Crippen LogP contribution in [0.4, 0.5) is 4.79 Å². The molecular formula is C17H34N4O2. The van der Waals surface area contributed by atoms with Gasteiger partial charge in [-0.1, -0.05) is 0 Å². The molecule has 2 heterocycles. The molecule has 0 saturated carbocycles. The van der Waals surface area contributed by atoms with Gasteiger partial charge in [0.1, 0.15) is 5.60 Å². The van der Waals surface area contributed by atoms with E-state index in [4.69, 9.17) is 10.5 Å². The van der Waals surface area contributed by atoms with Gasteiger partial charge in [-0.15, -0.1) is 0 Å². The molecule has 6 heteroatoms. The molecule has 0 aliphatic carbocycles. The summed E-state index contributed by atoms with van der Waals surface area (Å²) < 4.78 is 5.46. The summed E-state index contributed by atoms with van der Waals surface area (Å²) in [5.41, 5.74) is 5.22. The van der Waals surface area contributed by atoms with Crippen LogP contribution in [-0.4, -0.2) is 85.3 Å². The highest BCUT2D eigenvalue weighted by molar-refractivity contribution is 5.68. The van der Waals surface area contributed by atoms with E-state index in [0.717, 1.165) is 65.2 Å². The highest BCUT2D eigenvalue weighted by Crippen LogP contribution is 2.21. The third-order valence-electron chi connectivity index (χ3n) is 4.69. The third-order valence-corrected chi connectivity index (χ3v) is 4.69. The topological polar surface area (TPSA) is 62.0 Å². The van der Waals surface area contributed by atoms with E-state index in [1.54, 1.807) is 0 Å². The van der Waals surface area contributed by atoms with Crippen LogP contribution >= 0.6 is 0 Å². The SMILES string of the molecule is CC(C)(C)OC(=O)N1CCC(CN2CCN(CCN)CC2)CC1. The van der Waals surface area contributed by atoms with Gasteiger partial charge < -0.3 is 20.3 Å². The van der Waals surface area contributed by atoms with Gasteiger partial charge in [-0.25, -0.2) is 4.79 Å². The van der Waals surface area contributed by atoms with E-state index in [9.17, 15) is 4.79 Å². The van der Waals surface area contributed by atoms with Gasteiger partial charge in [0, 0.05) is 58.9 Å². The Kier molecular flexibility index (Phi) is 6.68. The van der Waals surface area contributed by atoms with Gasteiger partial charge >= 0.3 is 6.09 Å². The van der Waals surface area contributed by atoms with Crippen LogP contribution in [0.5, 0.6) is 0 Å². The molecule has 0 atom stereocenters. The molecule has 2 fully saturated rings. The number of piperazine rings is 1. The Morgan fingerprint density at radius 3 is 2.13 bits per heavy atom. The molecule has 134 valence electrons. The monoisotopic (exact) mass is 326 g/mol. The molecule has 0 radical (unpaired) electrons. The summed E-state index contributed by atoms with van der Waals surface area (Å²) in [4.78, 5) is 19.0. The Morgan fingerprint density at radius 1 is 1.04 bits per heavy atom. The predicted octanol–water partition coefficient (Wildman–Crippen LogP) is 1.21. The van der Waals surface area contributed by atoms with E-state index in [1.807, 2.05) is 25.7 Å². The molecule has 0 aromatic heterocycles. The molecule has 2 N–H and O–H groups in total. The first-order chi connectivity index (χ1) is 10.9. The molecular weight excluding hydrogens is 292 g/mol. The zero-order chi connectivity index (χ0) is 16.9. The summed E-state index contributed by atoms with van der Waals surface area (Å²) in [6, 6.07) is 0. The van der Waals surface area contributed by atoms with Gasteiger partial charge in [-0.2, -0.15) is 0 Å². The first-order valence-electron chi connectivity index (χ1n) is 9.00. The Balaban J connectivity index is 1.66. The maximum Gasteiger partial charge on any atom is 0.410 e. The molecule has 2 aliphatic heterocycles. The van der Waals surface area contributed by atoms with Crippen molar-refractivity contribution >= 4 is 6.09 Å². The van der Waals surface area contributed by atoms with E-state index in [2.05, 4.69) is 9.80 Å². The second-order valence-electron chi connectivity index (χ2n) is 7.84. The van der Waals surface area contributed by atoms with E-state index in [-0.39, 0.29) is 6.09 Å². The summed E-state index contributed by atoms with van der Waals surface area (Å²) in [5, 5.41) is 0. The number of likely N-dealkylation sites (tertiary alicyclic amines) is 1. The fourth-order valence-electron chi connectivity index (χ4n) is 3.37. The Morgan fingerprint density at radius 2 is 1.61 bits per heavy atom. The number of hydrogen-bond acceptors (Lipinski definition) is 5. The van der Waals surface area contributed by atoms with Crippen molar-refractivity contribution in [2.75, 3.05) is 58.9 Å². The molecule has 0 bridgehead atoms. The second-order valence-corrected chi connectivity index (χ2v) is 7.84. The maximum absolute atomic E-state index is 12.1. The lowest BCUT2D eigenvalue weighted by atomic mass is 9.96. The molecule has 6 nitrogen and oxygen atoms in total. The van der Waals surface area contributed by atoms with Crippen molar-refractivity contribution in [2.24, 2.45) is 11.7 Å². The van der Waals surface area contributed by atoms with Gasteiger partial charge in [0.15, 0.2) is 0 Å². The molecule has 2 rings (SSSR count). The van der Waals surface area contributed by atoms with Crippen LogP contribution in [0.2, 0.25) is 0 Å².